The molecule has 0 radical (unpaired) electrons. The minimum absolute atomic E-state index is 0.00116. The first-order chi connectivity index (χ1) is 16.1. The van der Waals surface area contributed by atoms with Crippen LogP contribution < -0.4 is 10.2 Å². The summed E-state index contributed by atoms with van der Waals surface area (Å²) in [6, 6.07) is 13.3. The summed E-state index contributed by atoms with van der Waals surface area (Å²) in [5, 5.41) is 15.5. The van der Waals surface area contributed by atoms with Crippen LogP contribution in [0.15, 0.2) is 56.9 Å². The molecule has 0 spiro atoms. The molecule has 1 aromatic carbocycles. The van der Waals surface area contributed by atoms with Crippen LogP contribution in [0.4, 0.5) is 11.6 Å². The van der Waals surface area contributed by atoms with E-state index in [0.717, 1.165) is 22.0 Å². The number of nitriles is 1. The van der Waals surface area contributed by atoms with E-state index in [9.17, 15) is 10.1 Å². The second kappa shape index (κ2) is 8.92. The van der Waals surface area contributed by atoms with E-state index in [-0.39, 0.29) is 23.4 Å². The Hall–Kier alpha value is -3.90. The second-order valence-corrected chi connectivity index (χ2v) is 8.90. The van der Waals surface area contributed by atoms with Crippen molar-refractivity contribution in [1.29, 1.82) is 5.26 Å². The molecule has 0 unspecified atom stereocenters. The monoisotopic (exact) mass is 459 g/mol. The number of nitrogens with zero attached hydrogens (tertiary/aromatic N) is 4. The summed E-state index contributed by atoms with van der Waals surface area (Å²) in [6.07, 6.45) is 2.84. The van der Waals surface area contributed by atoms with Crippen molar-refractivity contribution in [2.24, 2.45) is 5.92 Å². The molecule has 0 aliphatic carbocycles. The van der Waals surface area contributed by atoms with E-state index in [2.05, 4.69) is 21.4 Å². The normalized spacial score (nSPS) is 14.2. The number of benzene rings is 1. The fraction of sp³-hybridized carbons (Fsp3) is 0.250. The van der Waals surface area contributed by atoms with Gasteiger partial charge in [0.2, 0.25) is 17.5 Å². The Labute approximate surface area is 194 Å². The number of anilines is 2. The number of nitrogens with one attached hydrogen (secondary N) is 1. The molecule has 8 nitrogen and oxygen atoms in total. The van der Waals surface area contributed by atoms with Gasteiger partial charge in [-0.3, -0.25) is 4.79 Å². The van der Waals surface area contributed by atoms with Gasteiger partial charge in [-0.1, -0.05) is 12.1 Å². The number of carbonyl (C=O) groups is 1. The Morgan fingerprint density at radius 2 is 2.00 bits per heavy atom. The lowest BCUT2D eigenvalue weighted by atomic mass is 9.95. The molecule has 1 aliphatic rings. The molecule has 4 aromatic rings. The Balaban J connectivity index is 1.20. The van der Waals surface area contributed by atoms with Gasteiger partial charge in [-0.15, -0.1) is 11.3 Å². The maximum Gasteiger partial charge on any atom is 0.266 e. The molecule has 9 heteroatoms. The van der Waals surface area contributed by atoms with E-state index < -0.39 is 0 Å². The molecule has 1 fully saturated rings. The Morgan fingerprint density at radius 3 is 2.64 bits per heavy atom. The van der Waals surface area contributed by atoms with Crippen molar-refractivity contribution in [3.05, 3.63) is 58.7 Å². The van der Waals surface area contributed by atoms with Crippen molar-refractivity contribution in [3.8, 4) is 29.0 Å². The predicted octanol–water partition coefficient (Wildman–Crippen LogP) is 5.09. The SMILES string of the molecule is Cc1nc(-c2ccc(NC(=O)C3CCN(c4oc(-c5ccco5)nc4C#N)CC3)cc2)cs1. The summed E-state index contributed by atoms with van der Waals surface area (Å²) in [4.78, 5) is 23.5. The molecule has 166 valence electrons. The third-order valence-electron chi connectivity index (χ3n) is 5.67. The van der Waals surface area contributed by atoms with Crippen LogP contribution in [0.25, 0.3) is 22.9 Å². The molecule has 5 rings (SSSR count). The van der Waals surface area contributed by atoms with Crippen LogP contribution in [0.3, 0.4) is 0 Å². The standard InChI is InChI=1S/C24H21N5O3S/c1-15-26-20(14-33-15)16-4-6-18(7-5-16)27-22(30)17-8-10-29(11-9-17)24-19(13-25)28-23(32-24)21-3-2-12-31-21/h2-7,12,14,17H,8-11H2,1H3,(H,27,30). The summed E-state index contributed by atoms with van der Waals surface area (Å²) in [5.41, 5.74) is 2.96. The highest BCUT2D eigenvalue weighted by atomic mass is 32.1. The quantitative estimate of drug-likeness (QED) is 0.443. The van der Waals surface area contributed by atoms with Crippen LogP contribution in [0.5, 0.6) is 0 Å². The molecule has 1 saturated heterocycles. The van der Waals surface area contributed by atoms with E-state index >= 15 is 0 Å². The molecule has 1 amide bonds. The first kappa shape index (κ1) is 21.0. The summed E-state index contributed by atoms with van der Waals surface area (Å²) in [6.45, 7) is 3.18. The van der Waals surface area contributed by atoms with Crippen LogP contribution in [-0.2, 0) is 4.79 Å². The van der Waals surface area contributed by atoms with Crippen molar-refractivity contribution >= 4 is 28.8 Å². The molecule has 1 N–H and O–H groups in total. The highest BCUT2D eigenvalue weighted by Gasteiger charge is 2.29. The zero-order chi connectivity index (χ0) is 22.8. The Morgan fingerprint density at radius 1 is 1.21 bits per heavy atom. The first-order valence-electron chi connectivity index (χ1n) is 10.6. The highest BCUT2D eigenvalue weighted by Crippen LogP contribution is 2.31. The summed E-state index contributed by atoms with van der Waals surface area (Å²) < 4.78 is 11.1. The minimum Gasteiger partial charge on any atom is -0.459 e. The van der Waals surface area contributed by atoms with E-state index in [1.54, 1.807) is 23.5 Å². The summed E-state index contributed by atoms with van der Waals surface area (Å²) in [7, 11) is 0. The number of furan rings is 1. The van der Waals surface area contributed by atoms with E-state index in [0.29, 0.717) is 37.6 Å². The number of amides is 1. The van der Waals surface area contributed by atoms with Crippen molar-refractivity contribution < 1.29 is 13.6 Å². The van der Waals surface area contributed by atoms with Gasteiger partial charge < -0.3 is 19.1 Å². The number of aromatic nitrogens is 2. The summed E-state index contributed by atoms with van der Waals surface area (Å²) in [5.74, 6) is 1.07. The number of oxazole rings is 1. The van der Waals surface area contributed by atoms with Crippen LogP contribution in [0.1, 0.15) is 23.5 Å². The second-order valence-electron chi connectivity index (χ2n) is 7.84. The zero-order valence-corrected chi connectivity index (χ0v) is 18.8. The van der Waals surface area contributed by atoms with Crippen LogP contribution >= 0.6 is 11.3 Å². The van der Waals surface area contributed by atoms with Gasteiger partial charge in [0, 0.05) is 35.6 Å². The lowest BCUT2D eigenvalue weighted by Crippen LogP contribution is -2.38. The molecule has 0 bridgehead atoms. The van der Waals surface area contributed by atoms with Crippen LogP contribution in [0.2, 0.25) is 0 Å². The fourth-order valence-corrected chi connectivity index (χ4v) is 4.54. The third-order valence-corrected chi connectivity index (χ3v) is 6.44. The lowest BCUT2D eigenvalue weighted by Gasteiger charge is -2.30. The molecule has 0 saturated carbocycles. The molecule has 0 atom stereocenters. The first-order valence-corrected chi connectivity index (χ1v) is 11.5. The van der Waals surface area contributed by atoms with Crippen molar-refractivity contribution in [2.75, 3.05) is 23.3 Å². The van der Waals surface area contributed by atoms with Crippen LogP contribution in [-0.4, -0.2) is 29.0 Å². The smallest absolute Gasteiger partial charge is 0.266 e. The minimum atomic E-state index is -0.111. The van der Waals surface area contributed by atoms with Gasteiger partial charge in [0.05, 0.1) is 17.0 Å². The molecule has 4 heterocycles. The topological polar surface area (TPSA) is 108 Å². The van der Waals surface area contributed by atoms with E-state index in [1.807, 2.05) is 41.5 Å². The number of thiazole rings is 1. The number of carbonyl (C=O) groups excluding carboxylic acids is 1. The molecular formula is C24H21N5O3S. The zero-order valence-electron chi connectivity index (χ0n) is 17.9. The lowest BCUT2D eigenvalue weighted by molar-refractivity contribution is -0.120. The van der Waals surface area contributed by atoms with Gasteiger partial charge in [0.1, 0.15) is 6.07 Å². The number of aryl methyl sites for hydroxylation is 1. The van der Waals surface area contributed by atoms with Crippen molar-refractivity contribution in [1.82, 2.24) is 9.97 Å². The number of hydrogen-bond acceptors (Lipinski definition) is 8. The van der Waals surface area contributed by atoms with E-state index in [1.165, 1.54) is 6.26 Å². The number of hydrogen-bond donors (Lipinski definition) is 1. The maximum absolute atomic E-state index is 12.8. The fourth-order valence-electron chi connectivity index (χ4n) is 3.91. The largest absolute Gasteiger partial charge is 0.459 e. The summed E-state index contributed by atoms with van der Waals surface area (Å²) >= 11 is 1.62. The third kappa shape index (κ3) is 4.38. The van der Waals surface area contributed by atoms with Crippen LogP contribution in [0, 0.1) is 24.2 Å². The molecule has 33 heavy (non-hydrogen) atoms. The number of piperidine rings is 1. The van der Waals surface area contributed by atoms with Crippen molar-refractivity contribution in [3.63, 3.8) is 0 Å². The average molecular weight is 460 g/mol. The predicted molar refractivity (Wildman–Crippen MR) is 125 cm³/mol. The van der Waals surface area contributed by atoms with Gasteiger partial charge in [-0.2, -0.15) is 10.2 Å². The molecule has 3 aromatic heterocycles. The highest BCUT2D eigenvalue weighted by molar-refractivity contribution is 7.09. The average Bonchev–Trinajstić information content (AvgIpc) is 3.60. The molecule has 1 aliphatic heterocycles. The van der Waals surface area contributed by atoms with E-state index in [4.69, 9.17) is 8.83 Å². The maximum atomic E-state index is 12.8. The van der Waals surface area contributed by atoms with Gasteiger partial charge in [0.15, 0.2) is 5.76 Å². The van der Waals surface area contributed by atoms with Gasteiger partial charge in [-0.25, -0.2) is 4.98 Å². The van der Waals surface area contributed by atoms with Gasteiger partial charge in [-0.05, 0) is 44.0 Å². The number of rotatable bonds is 5. The van der Waals surface area contributed by atoms with Gasteiger partial charge >= 0.3 is 0 Å². The Bertz CT molecular complexity index is 1290. The van der Waals surface area contributed by atoms with Crippen molar-refractivity contribution in [2.45, 2.75) is 19.8 Å². The Kier molecular flexibility index (Phi) is 5.67. The molecular weight excluding hydrogens is 438 g/mol. The van der Waals surface area contributed by atoms with Gasteiger partial charge in [0.25, 0.3) is 5.89 Å².